The van der Waals surface area contributed by atoms with Crippen LogP contribution in [-0.2, 0) is 4.74 Å². The summed E-state index contributed by atoms with van der Waals surface area (Å²) in [6, 6.07) is 2.00. The van der Waals surface area contributed by atoms with Crippen LogP contribution in [0.4, 0.5) is 0 Å². The normalized spacial score (nSPS) is 20.4. The first kappa shape index (κ1) is 12.1. The van der Waals surface area contributed by atoms with Gasteiger partial charge in [0.2, 0.25) is 0 Å². The molecule has 0 bridgehead atoms. The highest BCUT2D eigenvalue weighted by Crippen LogP contribution is 2.28. The van der Waals surface area contributed by atoms with Crippen LogP contribution in [0.3, 0.4) is 0 Å². The molecule has 0 amide bonds. The van der Waals surface area contributed by atoms with Crippen molar-refractivity contribution in [1.29, 1.82) is 0 Å². The molecule has 1 saturated heterocycles. The maximum Gasteiger partial charge on any atom is 0.134 e. The van der Waals surface area contributed by atoms with Gasteiger partial charge in [0.25, 0.3) is 0 Å². The third kappa shape index (κ3) is 2.32. The van der Waals surface area contributed by atoms with Crippen LogP contribution in [0.5, 0.6) is 0 Å². The smallest absolute Gasteiger partial charge is 0.134 e. The third-order valence-corrected chi connectivity index (χ3v) is 3.63. The minimum atomic E-state index is -0.104. The molecule has 16 heavy (non-hydrogen) atoms. The molecular weight excluding hydrogens is 274 g/mol. The molecule has 1 fully saturated rings. The largest absolute Gasteiger partial charge is 0.466 e. The fraction of sp³-hybridized carbons (Fsp3) is 0.636. The fourth-order valence-corrected chi connectivity index (χ4v) is 2.26. The van der Waals surface area contributed by atoms with Crippen molar-refractivity contribution < 1.29 is 14.3 Å². The summed E-state index contributed by atoms with van der Waals surface area (Å²) in [5, 5.41) is 12.6. The van der Waals surface area contributed by atoms with Crippen molar-refractivity contribution in [2.75, 3.05) is 26.4 Å². The molecular formula is C11H16BrNO3. The summed E-state index contributed by atoms with van der Waals surface area (Å²) in [6.07, 6.45) is 1.66. The van der Waals surface area contributed by atoms with Gasteiger partial charge in [0.05, 0.1) is 42.0 Å². The number of aliphatic hydroxyl groups excluding tert-OH is 1. The summed E-state index contributed by atoms with van der Waals surface area (Å²) in [4.78, 5) is 0. The Kier molecular flexibility index (Phi) is 3.69. The highest BCUT2D eigenvalue weighted by Gasteiger charge is 2.38. The number of hydrogen-bond acceptors (Lipinski definition) is 4. The second-order valence-electron chi connectivity index (χ2n) is 4.39. The van der Waals surface area contributed by atoms with E-state index in [2.05, 4.69) is 21.2 Å². The Morgan fingerprint density at radius 1 is 1.62 bits per heavy atom. The molecule has 2 rings (SSSR count). The first-order valence-corrected chi connectivity index (χ1v) is 6.11. The van der Waals surface area contributed by atoms with Crippen molar-refractivity contribution in [2.45, 2.75) is 13.0 Å². The van der Waals surface area contributed by atoms with Gasteiger partial charge in [0.1, 0.15) is 5.76 Å². The molecule has 1 unspecified atom stereocenters. The molecule has 0 aromatic carbocycles. The van der Waals surface area contributed by atoms with Crippen molar-refractivity contribution in [3.05, 3.63) is 22.6 Å². The monoisotopic (exact) mass is 289 g/mol. The van der Waals surface area contributed by atoms with Crippen LogP contribution in [0, 0.1) is 5.41 Å². The van der Waals surface area contributed by atoms with Gasteiger partial charge in [0.15, 0.2) is 0 Å². The van der Waals surface area contributed by atoms with Crippen LogP contribution in [0.25, 0.3) is 0 Å². The van der Waals surface area contributed by atoms with Crippen LogP contribution >= 0.6 is 15.9 Å². The maximum absolute atomic E-state index is 9.28. The molecule has 2 N–H and O–H groups in total. The zero-order valence-corrected chi connectivity index (χ0v) is 10.8. The molecule has 90 valence electrons. The molecule has 1 aromatic rings. The summed E-state index contributed by atoms with van der Waals surface area (Å²) in [6.45, 7) is 4.18. The van der Waals surface area contributed by atoms with Gasteiger partial charge in [-0.05, 0) is 28.9 Å². The predicted molar refractivity (Wildman–Crippen MR) is 63.2 cm³/mol. The molecule has 2 heterocycles. The number of furan rings is 1. The SMILES string of the molecule is CC(NCC1(CO)COC1)c1occc1Br. The average Bonchev–Trinajstić information content (AvgIpc) is 2.63. The van der Waals surface area contributed by atoms with Gasteiger partial charge in [-0.1, -0.05) is 0 Å². The highest BCUT2D eigenvalue weighted by molar-refractivity contribution is 9.10. The van der Waals surface area contributed by atoms with E-state index in [4.69, 9.17) is 9.15 Å². The van der Waals surface area contributed by atoms with Crippen LogP contribution in [0.1, 0.15) is 18.7 Å². The predicted octanol–water partition coefficient (Wildman–Crippen LogP) is 1.70. The molecule has 0 radical (unpaired) electrons. The van der Waals surface area contributed by atoms with Crippen molar-refractivity contribution in [1.82, 2.24) is 5.32 Å². The van der Waals surface area contributed by atoms with Gasteiger partial charge in [-0.2, -0.15) is 0 Å². The first-order chi connectivity index (χ1) is 7.67. The quantitative estimate of drug-likeness (QED) is 0.866. The van der Waals surface area contributed by atoms with E-state index in [0.29, 0.717) is 13.2 Å². The standard InChI is InChI=1S/C11H16BrNO3/c1-8(10-9(12)2-3-16-10)13-4-11(5-14)6-15-7-11/h2-3,8,13-14H,4-7H2,1H3. The number of rotatable bonds is 5. The number of aliphatic hydroxyl groups is 1. The molecule has 5 heteroatoms. The fourth-order valence-electron chi connectivity index (χ4n) is 1.72. The lowest BCUT2D eigenvalue weighted by atomic mass is 9.87. The first-order valence-electron chi connectivity index (χ1n) is 5.32. The molecule has 1 aliphatic heterocycles. The van der Waals surface area contributed by atoms with E-state index in [1.54, 1.807) is 6.26 Å². The Morgan fingerprint density at radius 3 is 2.81 bits per heavy atom. The molecule has 1 aromatic heterocycles. The average molecular weight is 290 g/mol. The molecule has 1 atom stereocenters. The Labute approximate surface area is 103 Å². The number of halogens is 1. The van der Waals surface area contributed by atoms with Crippen molar-refractivity contribution >= 4 is 15.9 Å². The topological polar surface area (TPSA) is 54.6 Å². The van der Waals surface area contributed by atoms with Crippen LogP contribution < -0.4 is 5.32 Å². The second-order valence-corrected chi connectivity index (χ2v) is 5.24. The summed E-state index contributed by atoms with van der Waals surface area (Å²) in [7, 11) is 0. The van der Waals surface area contributed by atoms with Crippen LogP contribution in [-0.4, -0.2) is 31.5 Å². The molecule has 0 aliphatic carbocycles. The zero-order valence-electron chi connectivity index (χ0n) is 9.20. The molecule has 4 nitrogen and oxygen atoms in total. The summed E-state index contributed by atoms with van der Waals surface area (Å²) >= 11 is 3.43. The van der Waals surface area contributed by atoms with Gasteiger partial charge in [-0.15, -0.1) is 0 Å². The Morgan fingerprint density at radius 2 is 2.38 bits per heavy atom. The highest BCUT2D eigenvalue weighted by atomic mass is 79.9. The van der Waals surface area contributed by atoms with E-state index in [-0.39, 0.29) is 18.1 Å². The van der Waals surface area contributed by atoms with Crippen molar-refractivity contribution in [2.24, 2.45) is 5.41 Å². The molecule has 0 spiro atoms. The second kappa shape index (κ2) is 4.87. The van der Waals surface area contributed by atoms with Gasteiger partial charge in [-0.25, -0.2) is 0 Å². The Hall–Kier alpha value is -0.360. The van der Waals surface area contributed by atoms with Gasteiger partial charge >= 0.3 is 0 Å². The minimum Gasteiger partial charge on any atom is -0.466 e. The van der Waals surface area contributed by atoms with E-state index in [1.807, 2.05) is 13.0 Å². The zero-order chi connectivity index (χ0) is 11.6. The van der Waals surface area contributed by atoms with Gasteiger partial charge in [0, 0.05) is 6.54 Å². The summed E-state index contributed by atoms with van der Waals surface area (Å²) in [5.74, 6) is 0.883. The van der Waals surface area contributed by atoms with Crippen LogP contribution in [0.15, 0.2) is 21.2 Å². The number of nitrogens with one attached hydrogen (secondary N) is 1. The van der Waals surface area contributed by atoms with Crippen molar-refractivity contribution in [3.8, 4) is 0 Å². The maximum atomic E-state index is 9.28. The summed E-state index contributed by atoms with van der Waals surface area (Å²) < 4.78 is 11.5. The van der Waals surface area contributed by atoms with E-state index in [1.165, 1.54) is 0 Å². The molecule has 1 aliphatic rings. The number of hydrogen-bond donors (Lipinski definition) is 2. The van der Waals surface area contributed by atoms with E-state index < -0.39 is 0 Å². The lowest BCUT2D eigenvalue weighted by molar-refractivity contribution is -0.135. The van der Waals surface area contributed by atoms with E-state index >= 15 is 0 Å². The minimum absolute atomic E-state index is 0.104. The van der Waals surface area contributed by atoms with Gasteiger partial charge in [-0.3, -0.25) is 0 Å². The lowest BCUT2D eigenvalue weighted by Gasteiger charge is -2.40. The lowest BCUT2D eigenvalue weighted by Crippen LogP contribution is -2.52. The Bertz CT molecular complexity index is 343. The third-order valence-electron chi connectivity index (χ3n) is 2.97. The van der Waals surface area contributed by atoms with E-state index in [0.717, 1.165) is 16.8 Å². The molecule has 0 saturated carbocycles. The summed E-state index contributed by atoms with van der Waals surface area (Å²) in [5.41, 5.74) is -0.104. The Balaban J connectivity index is 1.88. The van der Waals surface area contributed by atoms with E-state index in [9.17, 15) is 5.11 Å². The van der Waals surface area contributed by atoms with Crippen LogP contribution in [0.2, 0.25) is 0 Å². The van der Waals surface area contributed by atoms with Crippen molar-refractivity contribution in [3.63, 3.8) is 0 Å². The number of ether oxygens (including phenoxy) is 1. The van der Waals surface area contributed by atoms with Gasteiger partial charge < -0.3 is 19.6 Å².